The van der Waals surface area contributed by atoms with Gasteiger partial charge in [0.15, 0.2) is 0 Å². The highest BCUT2D eigenvalue weighted by Gasteiger charge is 2.48. The zero-order valence-electron chi connectivity index (χ0n) is 12.5. The van der Waals surface area contributed by atoms with Crippen LogP contribution in [0.5, 0.6) is 0 Å². The van der Waals surface area contributed by atoms with Crippen LogP contribution in [0.3, 0.4) is 0 Å². The molecular weight excluding hydrogens is 248 g/mol. The Morgan fingerprint density at radius 1 is 1.00 bits per heavy atom. The average molecular weight is 274 g/mol. The maximum Gasteiger partial charge on any atom is 0.134 e. The molecule has 4 saturated carbocycles. The molecule has 2 N–H and O–H groups in total. The molecule has 1 aromatic rings. The van der Waals surface area contributed by atoms with Crippen molar-refractivity contribution in [3.63, 3.8) is 0 Å². The smallest absolute Gasteiger partial charge is 0.134 e. The Kier molecular flexibility index (Phi) is 3.09. The van der Waals surface area contributed by atoms with Crippen LogP contribution in [0.2, 0.25) is 0 Å². The summed E-state index contributed by atoms with van der Waals surface area (Å²) < 4.78 is 2.19. The molecule has 0 saturated heterocycles. The third-order valence-electron chi connectivity index (χ3n) is 6.26. The summed E-state index contributed by atoms with van der Waals surface area (Å²) in [5, 5.41) is 8.76. The fourth-order valence-electron chi connectivity index (χ4n) is 5.51. The minimum atomic E-state index is 0.657. The second kappa shape index (κ2) is 4.83. The number of nitrogens with two attached hydrogens (primary N) is 1. The number of hydrogen-bond donors (Lipinski definition) is 1. The molecule has 0 aliphatic heterocycles. The van der Waals surface area contributed by atoms with Crippen LogP contribution < -0.4 is 5.73 Å². The summed E-state index contributed by atoms with van der Waals surface area (Å²) in [6, 6.07) is 0. The van der Waals surface area contributed by atoms with E-state index >= 15 is 0 Å². The number of nitrogens with zero attached hydrogens (tertiary/aromatic N) is 3. The molecule has 0 radical (unpaired) electrons. The zero-order valence-corrected chi connectivity index (χ0v) is 12.5. The van der Waals surface area contributed by atoms with Crippen molar-refractivity contribution in [2.24, 2.45) is 42.4 Å². The Morgan fingerprint density at radius 3 is 2.20 bits per heavy atom. The van der Waals surface area contributed by atoms with Crippen molar-refractivity contribution in [1.82, 2.24) is 14.8 Å². The zero-order chi connectivity index (χ0) is 13.7. The predicted molar refractivity (Wildman–Crippen MR) is 78.0 cm³/mol. The lowest BCUT2D eigenvalue weighted by Crippen LogP contribution is -2.46. The molecule has 1 aromatic heterocycles. The Hall–Kier alpha value is -0.900. The Labute approximate surface area is 121 Å². The molecule has 4 fully saturated rings. The van der Waals surface area contributed by atoms with Crippen LogP contribution in [0.25, 0.3) is 0 Å². The van der Waals surface area contributed by atoms with E-state index in [1.807, 2.05) is 0 Å². The van der Waals surface area contributed by atoms with Crippen LogP contribution >= 0.6 is 0 Å². The van der Waals surface area contributed by atoms with Gasteiger partial charge in [-0.05, 0) is 68.2 Å². The monoisotopic (exact) mass is 274 g/mol. The van der Waals surface area contributed by atoms with Gasteiger partial charge in [0.2, 0.25) is 0 Å². The number of aromatic nitrogens is 3. The van der Waals surface area contributed by atoms with Gasteiger partial charge in [0.05, 0.1) is 0 Å². The molecule has 4 nitrogen and oxygen atoms in total. The fraction of sp³-hybridized carbons (Fsp3) is 0.875. The Balaban J connectivity index is 1.52. The van der Waals surface area contributed by atoms with E-state index in [4.69, 9.17) is 5.73 Å². The van der Waals surface area contributed by atoms with Crippen molar-refractivity contribution < 1.29 is 0 Å². The second-order valence-electron chi connectivity index (χ2n) is 7.43. The molecule has 0 spiro atoms. The van der Waals surface area contributed by atoms with Gasteiger partial charge in [-0.25, -0.2) is 0 Å². The first kappa shape index (κ1) is 12.8. The largest absolute Gasteiger partial charge is 0.330 e. The SMILES string of the molecule is Cn1c(CCN)nnc1CC1C2CC3CC(C2)CC1C3. The summed E-state index contributed by atoms with van der Waals surface area (Å²) in [5.74, 6) is 7.16. The van der Waals surface area contributed by atoms with Gasteiger partial charge in [-0.3, -0.25) is 0 Å². The van der Waals surface area contributed by atoms with E-state index in [0.29, 0.717) is 6.54 Å². The first-order chi connectivity index (χ1) is 9.74. The van der Waals surface area contributed by atoms with Crippen molar-refractivity contribution in [3.8, 4) is 0 Å². The van der Waals surface area contributed by atoms with Crippen molar-refractivity contribution in [2.45, 2.75) is 44.9 Å². The topological polar surface area (TPSA) is 56.7 Å². The molecule has 5 rings (SSSR count). The summed E-state index contributed by atoms with van der Waals surface area (Å²) in [5.41, 5.74) is 5.64. The summed E-state index contributed by atoms with van der Waals surface area (Å²) in [6.45, 7) is 0.657. The van der Waals surface area contributed by atoms with Gasteiger partial charge >= 0.3 is 0 Å². The fourth-order valence-corrected chi connectivity index (χ4v) is 5.51. The quantitative estimate of drug-likeness (QED) is 0.912. The molecule has 0 aromatic carbocycles. The van der Waals surface area contributed by atoms with E-state index in [-0.39, 0.29) is 0 Å². The van der Waals surface area contributed by atoms with Crippen LogP contribution in [-0.2, 0) is 19.9 Å². The highest BCUT2D eigenvalue weighted by Crippen LogP contribution is 2.57. The van der Waals surface area contributed by atoms with E-state index in [2.05, 4.69) is 21.8 Å². The lowest BCUT2D eigenvalue weighted by molar-refractivity contribution is -0.0369. The lowest BCUT2D eigenvalue weighted by atomic mass is 9.51. The van der Waals surface area contributed by atoms with Gasteiger partial charge < -0.3 is 10.3 Å². The molecule has 4 heteroatoms. The van der Waals surface area contributed by atoms with E-state index in [0.717, 1.165) is 48.3 Å². The van der Waals surface area contributed by atoms with Gasteiger partial charge in [0.25, 0.3) is 0 Å². The first-order valence-corrected chi connectivity index (χ1v) is 8.31. The second-order valence-corrected chi connectivity index (χ2v) is 7.43. The summed E-state index contributed by atoms with van der Waals surface area (Å²) in [6.07, 6.45) is 9.48. The summed E-state index contributed by atoms with van der Waals surface area (Å²) in [4.78, 5) is 0. The van der Waals surface area contributed by atoms with Crippen LogP contribution in [0.15, 0.2) is 0 Å². The summed E-state index contributed by atoms with van der Waals surface area (Å²) in [7, 11) is 2.11. The van der Waals surface area contributed by atoms with Crippen molar-refractivity contribution in [3.05, 3.63) is 11.6 Å². The predicted octanol–water partition coefficient (Wildman–Crippen LogP) is 1.93. The maximum absolute atomic E-state index is 5.64. The standard InChI is InChI=1S/C16H26N4/c1-20-15(2-3-17)18-19-16(20)9-14-12-5-10-4-11(7-12)8-13(14)6-10/h10-14H,2-9,17H2,1H3. The Morgan fingerprint density at radius 2 is 1.60 bits per heavy atom. The molecule has 4 aliphatic carbocycles. The van der Waals surface area contributed by atoms with Gasteiger partial charge in [-0.1, -0.05) is 0 Å². The van der Waals surface area contributed by atoms with Gasteiger partial charge in [0, 0.05) is 19.9 Å². The third-order valence-corrected chi connectivity index (χ3v) is 6.26. The molecule has 110 valence electrons. The van der Waals surface area contributed by atoms with E-state index in [1.54, 1.807) is 0 Å². The van der Waals surface area contributed by atoms with Gasteiger partial charge in [0.1, 0.15) is 11.6 Å². The van der Waals surface area contributed by atoms with Gasteiger partial charge in [-0.15, -0.1) is 10.2 Å². The highest BCUT2D eigenvalue weighted by molar-refractivity contribution is 5.03. The molecule has 0 atom stereocenters. The third kappa shape index (κ3) is 2.00. The average Bonchev–Trinajstić information content (AvgIpc) is 2.75. The van der Waals surface area contributed by atoms with Crippen molar-refractivity contribution in [1.29, 1.82) is 0 Å². The molecular formula is C16H26N4. The molecule has 4 aliphatic rings. The Bertz CT molecular complexity index is 465. The van der Waals surface area contributed by atoms with Crippen molar-refractivity contribution in [2.75, 3.05) is 6.54 Å². The van der Waals surface area contributed by atoms with E-state index in [9.17, 15) is 0 Å². The molecule has 0 amide bonds. The van der Waals surface area contributed by atoms with Crippen LogP contribution in [0.4, 0.5) is 0 Å². The molecule has 0 unspecified atom stereocenters. The molecule has 20 heavy (non-hydrogen) atoms. The maximum atomic E-state index is 5.64. The minimum absolute atomic E-state index is 0.657. The van der Waals surface area contributed by atoms with Gasteiger partial charge in [-0.2, -0.15) is 0 Å². The molecule has 1 heterocycles. The summed E-state index contributed by atoms with van der Waals surface area (Å²) >= 11 is 0. The van der Waals surface area contributed by atoms with Crippen LogP contribution in [0.1, 0.15) is 43.8 Å². The molecule has 4 bridgehead atoms. The lowest BCUT2D eigenvalue weighted by Gasteiger charge is -2.54. The number of rotatable bonds is 4. The van der Waals surface area contributed by atoms with Crippen LogP contribution in [-0.4, -0.2) is 21.3 Å². The first-order valence-electron chi connectivity index (χ1n) is 8.31. The highest BCUT2D eigenvalue weighted by atomic mass is 15.3. The minimum Gasteiger partial charge on any atom is -0.330 e. The number of hydrogen-bond acceptors (Lipinski definition) is 3. The van der Waals surface area contributed by atoms with E-state index in [1.165, 1.54) is 37.9 Å². The van der Waals surface area contributed by atoms with E-state index < -0.39 is 0 Å². The van der Waals surface area contributed by atoms with Crippen molar-refractivity contribution >= 4 is 0 Å². The van der Waals surface area contributed by atoms with Crippen LogP contribution in [0, 0.1) is 29.6 Å². The normalized spacial score (nSPS) is 38.6.